The predicted molar refractivity (Wildman–Crippen MR) is 117 cm³/mol. The molecule has 3 aromatic rings. The molecular formula is C23H19ClFN3O4. The Kier molecular flexibility index (Phi) is 6.05. The Morgan fingerprint density at radius 3 is 2.72 bits per heavy atom. The molecule has 0 bridgehead atoms. The van der Waals surface area contributed by atoms with Crippen LogP contribution in [0.25, 0.3) is 10.9 Å². The number of para-hydroxylation sites is 1. The Balaban J connectivity index is 1.76. The summed E-state index contributed by atoms with van der Waals surface area (Å²) in [5.74, 6) is -1.41. The first-order valence-electron chi connectivity index (χ1n) is 9.88. The molecule has 1 atom stereocenters. The third kappa shape index (κ3) is 4.27. The van der Waals surface area contributed by atoms with Crippen LogP contribution in [-0.4, -0.2) is 39.8 Å². The van der Waals surface area contributed by atoms with E-state index in [0.717, 1.165) is 5.39 Å². The normalized spacial score (nSPS) is 15.7. The molecule has 32 heavy (non-hydrogen) atoms. The molecule has 1 aromatic heterocycles. The van der Waals surface area contributed by atoms with Crippen LogP contribution in [0.3, 0.4) is 0 Å². The molecule has 4 rings (SSSR count). The molecule has 2 aromatic carbocycles. The van der Waals surface area contributed by atoms with Crippen molar-refractivity contribution in [3.8, 4) is 5.75 Å². The molecular weight excluding hydrogens is 437 g/mol. The second kappa shape index (κ2) is 8.92. The number of hydrogen-bond acceptors (Lipinski definition) is 5. The van der Waals surface area contributed by atoms with Gasteiger partial charge in [-0.25, -0.2) is 14.4 Å². The van der Waals surface area contributed by atoms with Gasteiger partial charge in [0.2, 0.25) is 5.91 Å². The highest BCUT2D eigenvalue weighted by atomic mass is 35.5. The number of hydrazone groups is 1. The molecule has 9 heteroatoms. The summed E-state index contributed by atoms with van der Waals surface area (Å²) in [6.45, 7) is 0. The van der Waals surface area contributed by atoms with Gasteiger partial charge in [-0.05, 0) is 24.3 Å². The monoisotopic (exact) mass is 455 g/mol. The summed E-state index contributed by atoms with van der Waals surface area (Å²) in [7, 11) is 1.54. The number of aliphatic carboxylic acids is 1. The topological polar surface area (TPSA) is 92.1 Å². The first-order chi connectivity index (χ1) is 15.4. The zero-order valence-corrected chi connectivity index (χ0v) is 17.8. The van der Waals surface area contributed by atoms with Crippen molar-refractivity contribution < 1.29 is 23.8 Å². The lowest BCUT2D eigenvalue weighted by molar-refractivity contribution is -0.141. The number of carbonyl (C=O) groups excluding carboxylic acids is 1. The van der Waals surface area contributed by atoms with Crippen LogP contribution in [0.1, 0.15) is 36.4 Å². The second-order valence-corrected chi connectivity index (χ2v) is 7.67. The summed E-state index contributed by atoms with van der Waals surface area (Å²) >= 11 is 6.52. The number of benzene rings is 2. The number of aromatic nitrogens is 1. The van der Waals surface area contributed by atoms with Crippen LogP contribution in [0, 0.1) is 5.82 Å². The minimum Gasteiger partial charge on any atom is -0.494 e. The number of carboxylic acid groups (broad SMARTS) is 1. The highest BCUT2D eigenvalue weighted by Crippen LogP contribution is 2.38. The number of nitrogens with zero attached hydrogens (tertiary/aromatic N) is 3. The van der Waals surface area contributed by atoms with Gasteiger partial charge in [0.05, 0.1) is 25.3 Å². The minimum absolute atomic E-state index is 0.179. The lowest BCUT2D eigenvalue weighted by Crippen LogP contribution is -2.27. The zero-order valence-electron chi connectivity index (χ0n) is 17.1. The van der Waals surface area contributed by atoms with Crippen molar-refractivity contribution in [1.82, 2.24) is 9.99 Å². The third-order valence-corrected chi connectivity index (χ3v) is 5.55. The van der Waals surface area contributed by atoms with Gasteiger partial charge >= 0.3 is 5.97 Å². The lowest BCUT2D eigenvalue weighted by atomic mass is 9.98. The smallest absolute Gasteiger partial charge is 0.303 e. The lowest BCUT2D eigenvalue weighted by Gasteiger charge is -2.23. The number of carboxylic acids is 1. The van der Waals surface area contributed by atoms with Gasteiger partial charge in [0.25, 0.3) is 0 Å². The summed E-state index contributed by atoms with van der Waals surface area (Å²) in [6.07, 6.45) is -0.273. The average Bonchev–Trinajstić information content (AvgIpc) is 3.22. The van der Waals surface area contributed by atoms with Crippen LogP contribution in [0.15, 0.2) is 53.6 Å². The maximum atomic E-state index is 13.8. The van der Waals surface area contributed by atoms with E-state index < -0.39 is 23.7 Å². The molecule has 2 heterocycles. The SMILES string of the molecule is COc1cccc2cc(C3CC(c4cccc(F)c4)=NN3C(=O)CCC(=O)O)c(Cl)nc12. The van der Waals surface area contributed by atoms with Crippen LogP contribution in [0.5, 0.6) is 5.75 Å². The highest BCUT2D eigenvalue weighted by Gasteiger charge is 2.35. The number of rotatable bonds is 6. The molecule has 1 N–H and O–H groups in total. The van der Waals surface area contributed by atoms with Gasteiger partial charge in [0.1, 0.15) is 22.2 Å². The maximum Gasteiger partial charge on any atom is 0.303 e. The molecule has 1 aliphatic rings. The Hall–Kier alpha value is -3.52. The van der Waals surface area contributed by atoms with E-state index in [-0.39, 0.29) is 24.4 Å². The number of fused-ring (bicyclic) bond motifs is 1. The van der Waals surface area contributed by atoms with Crippen LogP contribution in [0.2, 0.25) is 5.15 Å². The summed E-state index contributed by atoms with van der Waals surface area (Å²) in [6, 6.07) is 12.6. The van der Waals surface area contributed by atoms with Gasteiger partial charge in [-0.15, -0.1) is 0 Å². The third-order valence-electron chi connectivity index (χ3n) is 5.24. The highest BCUT2D eigenvalue weighted by molar-refractivity contribution is 6.30. The number of carbonyl (C=O) groups is 2. The van der Waals surface area contributed by atoms with E-state index in [1.807, 2.05) is 18.2 Å². The van der Waals surface area contributed by atoms with E-state index in [1.54, 1.807) is 18.2 Å². The Morgan fingerprint density at radius 1 is 1.22 bits per heavy atom. The number of methoxy groups -OCH3 is 1. The van der Waals surface area contributed by atoms with E-state index in [0.29, 0.717) is 28.1 Å². The van der Waals surface area contributed by atoms with Crippen LogP contribution >= 0.6 is 11.6 Å². The largest absolute Gasteiger partial charge is 0.494 e. The van der Waals surface area contributed by atoms with E-state index in [1.165, 1.54) is 24.3 Å². The van der Waals surface area contributed by atoms with Crippen LogP contribution in [-0.2, 0) is 9.59 Å². The van der Waals surface area contributed by atoms with E-state index in [2.05, 4.69) is 10.1 Å². The zero-order chi connectivity index (χ0) is 22.8. The van der Waals surface area contributed by atoms with Crippen molar-refractivity contribution in [1.29, 1.82) is 0 Å². The molecule has 1 aliphatic heterocycles. The van der Waals surface area contributed by atoms with Crippen LogP contribution < -0.4 is 4.74 Å². The van der Waals surface area contributed by atoms with Gasteiger partial charge in [-0.1, -0.05) is 35.9 Å². The quantitative estimate of drug-likeness (QED) is 0.549. The van der Waals surface area contributed by atoms with Gasteiger partial charge in [0.15, 0.2) is 0 Å². The number of pyridine rings is 1. The fraction of sp³-hybridized carbons (Fsp3) is 0.217. The maximum absolute atomic E-state index is 13.8. The molecule has 164 valence electrons. The predicted octanol–water partition coefficient (Wildman–Crippen LogP) is 4.58. The fourth-order valence-corrected chi connectivity index (χ4v) is 3.98. The number of hydrogen-bond donors (Lipinski definition) is 1. The van der Waals surface area contributed by atoms with Gasteiger partial charge in [0, 0.05) is 29.4 Å². The Bertz CT molecular complexity index is 1250. The molecule has 0 aliphatic carbocycles. The summed E-state index contributed by atoms with van der Waals surface area (Å²) in [5, 5.41) is 15.6. The summed E-state index contributed by atoms with van der Waals surface area (Å²) < 4.78 is 19.1. The van der Waals surface area contributed by atoms with Crippen molar-refractivity contribution in [2.45, 2.75) is 25.3 Å². The van der Waals surface area contributed by atoms with Gasteiger partial charge in [-0.2, -0.15) is 5.10 Å². The Morgan fingerprint density at radius 2 is 2.00 bits per heavy atom. The molecule has 0 saturated heterocycles. The molecule has 0 radical (unpaired) electrons. The van der Waals surface area contributed by atoms with Gasteiger partial charge < -0.3 is 9.84 Å². The summed E-state index contributed by atoms with van der Waals surface area (Å²) in [5.41, 5.74) is 2.18. The standard InChI is InChI=1S/C23H19ClFN3O4/c1-32-19-7-3-5-14-11-16(23(24)26-22(14)19)18-12-17(13-4-2-6-15(25)10-13)27-28(18)20(29)8-9-21(30)31/h2-7,10-11,18H,8-9,12H2,1H3,(H,30,31). The van der Waals surface area contributed by atoms with E-state index in [4.69, 9.17) is 21.4 Å². The summed E-state index contributed by atoms with van der Waals surface area (Å²) in [4.78, 5) is 28.3. The molecule has 0 spiro atoms. The molecule has 0 saturated carbocycles. The number of ether oxygens (including phenoxy) is 1. The molecule has 1 amide bonds. The average molecular weight is 456 g/mol. The number of halogens is 2. The minimum atomic E-state index is -1.08. The fourth-order valence-electron chi connectivity index (χ4n) is 3.72. The van der Waals surface area contributed by atoms with Crippen molar-refractivity contribution in [3.05, 3.63) is 70.6 Å². The second-order valence-electron chi connectivity index (χ2n) is 7.31. The van der Waals surface area contributed by atoms with Gasteiger partial charge in [-0.3, -0.25) is 9.59 Å². The van der Waals surface area contributed by atoms with Crippen molar-refractivity contribution in [3.63, 3.8) is 0 Å². The number of amides is 1. The van der Waals surface area contributed by atoms with Crippen LogP contribution in [0.4, 0.5) is 4.39 Å². The Labute approximate surface area is 188 Å². The molecule has 0 fully saturated rings. The molecule has 7 nitrogen and oxygen atoms in total. The van der Waals surface area contributed by atoms with E-state index >= 15 is 0 Å². The first kappa shape index (κ1) is 21.7. The van der Waals surface area contributed by atoms with Crippen molar-refractivity contribution >= 4 is 40.1 Å². The molecule has 1 unspecified atom stereocenters. The van der Waals surface area contributed by atoms with E-state index in [9.17, 15) is 14.0 Å². The van der Waals surface area contributed by atoms with Crippen molar-refractivity contribution in [2.75, 3.05) is 7.11 Å². The van der Waals surface area contributed by atoms with Crippen molar-refractivity contribution in [2.24, 2.45) is 5.10 Å². The first-order valence-corrected chi connectivity index (χ1v) is 10.3.